The molecule has 1 spiro atoms. The van der Waals surface area contributed by atoms with Crippen molar-refractivity contribution in [2.24, 2.45) is 22.7 Å². The van der Waals surface area contributed by atoms with Crippen molar-refractivity contribution in [1.82, 2.24) is 15.1 Å². The van der Waals surface area contributed by atoms with Crippen molar-refractivity contribution in [3.63, 3.8) is 0 Å². The summed E-state index contributed by atoms with van der Waals surface area (Å²) in [5.41, 5.74) is 4.58. The number of amides is 1. The Labute approximate surface area is 127 Å². The molecule has 1 amide bonds. The molecule has 4 heteroatoms. The molecular weight excluding hydrogens is 262 g/mol. The molecule has 2 atom stereocenters. The van der Waals surface area contributed by atoms with Crippen LogP contribution in [0.15, 0.2) is 18.0 Å². The van der Waals surface area contributed by atoms with Crippen LogP contribution in [0, 0.1) is 22.7 Å². The second kappa shape index (κ2) is 4.62. The summed E-state index contributed by atoms with van der Waals surface area (Å²) < 4.78 is 0. The number of hydrogen-bond donors (Lipinski definition) is 1. The average Bonchev–Trinajstić information content (AvgIpc) is 2.87. The van der Waals surface area contributed by atoms with Crippen molar-refractivity contribution in [2.45, 2.75) is 20.3 Å². The summed E-state index contributed by atoms with van der Waals surface area (Å²) in [4.78, 5) is 16.9. The maximum absolute atomic E-state index is 12.5. The Balaban J connectivity index is 1.70. The largest absolute Gasteiger partial charge is 0.385 e. The molecule has 3 aliphatic rings. The van der Waals surface area contributed by atoms with E-state index in [1.165, 1.54) is 0 Å². The Morgan fingerprint density at radius 1 is 1.29 bits per heavy atom. The fraction of sp³-hybridized carbons (Fsp3) is 0.765. The highest BCUT2D eigenvalue weighted by atomic mass is 16.2. The van der Waals surface area contributed by atoms with Gasteiger partial charge in [0.1, 0.15) is 0 Å². The lowest BCUT2D eigenvalue weighted by Crippen LogP contribution is -2.63. The minimum atomic E-state index is 0.201. The van der Waals surface area contributed by atoms with Gasteiger partial charge in [0, 0.05) is 50.5 Å². The predicted octanol–water partition coefficient (Wildman–Crippen LogP) is 1.31. The van der Waals surface area contributed by atoms with Crippen LogP contribution < -0.4 is 5.32 Å². The SMILES string of the molecule is C=C=C(NC)C1CN(C)CC12CN(C(=O)C1CC1(C)C)C2. The minimum Gasteiger partial charge on any atom is -0.385 e. The molecular formula is C17H27N3O. The highest BCUT2D eigenvalue weighted by Crippen LogP contribution is 2.54. The minimum absolute atomic E-state index is 0.201. The number of rotatable bonds is 3. The molecule has 0 aromatic heterocycles. The first-order valence-corrected chi connectivity index (χ1v) is 7.88. The zero-order chi connectivity index (χ0) is 15.4. The number of carbonyl (C=O) groups excluding carboxylic acids is 1. The van der Waals surface area contributed by atoms with Crippen LogP contribution in [0.4, 0.5) is 0 Å². The molecule has 0 radical (unpaired) electrons. The first-order chi connectivity index (χ1) is 9.83. The lowest BCUT2D eigenvalue weighted by atomic mass is 9.70. The third kappa shape index (κ3) is 2.21. The lowest BCUT2D eigenvalue weighted by molar-refractivity contribution is -0.146. The van der Waals surface area contributed by atoms with Crippen LogP contribution >= 0.6 is 0 Å². The molecule has 1 aliphatic carbocycles. The van der Waals surface area contributed by atoms with Gasteiger partial charge in [-0.05, 0) is 18.9 Å². The Kier molecular flexibility index (Phi) is 3.23. The Morgan fingerprint density at radius 3 is 2.38 bits per heavy atom. The van der Waals surface area contributed by atoms with Crippen molar-refractivity contribution in [1.29, 1.82) is 0 Å². The van der Waals surface area contributed by atoms with Gasteiger partial charge in [-0.25, -0.2) is 0 Å². The maximum Gasteiger partial charge on any atom is 0.226 e. The van der Waals surface area contributed by atoms with Gasteiger partial charge in [-0.1, -0.05) is 20.4 Å². The van der Waals surface area contributed by atoms with Gasteiger partial charge in [0.25, 0.3) is 0 Å². The third-order valence-electron chi connectivity index (χ3n) is 5.76. The normalized spacial score (nSPS) is 32.5. The molecule has 3 rings (SSSR count). The van der Waals surface area contributed by atoms with Crippen molar-refractivity contribution in [2.75, 3.05) is 40.3 Å². The molecule has 0 aromatic carbocycles. The van der Waals surface area contributed by atoms with E-state index >= 15 is 0 Å². The molecule has 3 fully saturated rings. The summed E-state index contributed by atoms with van der Waals surface area (Å²) in [6.45, 7) is 12.1. The van der Waals surface area contributed by atoms with Gasteiger partial charge in [0.2, 0.25) is 5.91 Å². The van der Waals surface area contributed by atoms with E-state index < -0.39 is 0 Å². The zero-order valence-corrected chi connectivity index (χ0v) is 13.7. The van der Waals surface area contributed by atoms with Gasteiger partial charge in [-0.3, -0.25) is 4.79 Å². The Morgan fingerprint density at radius 2 is 1.90 bits per heavy atom. The molecule has 116 valence electrons. The molecule has 2 unspecified atom stereocenters. The lowest BCUT2D eigenvalue weighted by Gasteiger charge is -2.51. The van der Waals surface area contributed by atoms with E-state index in [1.807, 2.05) is 7.05 Å². The number of nitrogens with zero attached hydrogens (tertiary/aromatic N) is 2. The van der Waals surface area contributed by atoms with E-state index in [1.54, 1.807) is 0 Å². The monoisotopic (exact) mass is 289 g/mol. The molecule has 0 aromatic rings. The van der Waals surface area contributed by atoms with Crippen LogP contribution in [-0.4, -0.2) is 56.0 Å². The quantitative estimate of drug-likeness (QED) is 0.796. The van der Waals surface area contributed by atoms with E-state index in [0.29, 0.717) is 11.8 Å². The second-order valence-corrected chi connectivity index (χ2v) is 7.89. The van der Waals surface area contributed by atoms with Gasteiger partial charge in [0.15, 0.2) is 0 Å². The van der Waals surface area contributed by atoms with Crippen molar-refractivity contribution in [3.05, 3.63) is 18.0 Å². The van der Waals surface area contributed by atoms with E-state index in [9.17, 15) is 4.79 Å². The van der Waals surface area contributed by atoms with Crippen molar-refractivity contribution < 1.29 is 4.79 Å². The van der Waals surface area contributed by atoms with Crippen LogP contribution in [0.3, 0.4) is 0 Å². The van der Waals surface area contributed by atoms with Gasteiger partial charge in [0.05, 0.1) is 5.70 Å². The summed E-state index contributed by atoms with van der Waals surface area (Å²) in [5.74, 6) is 1.04. The Hall–Kier alpha value is -1.25. The fourth-order valence-corrected chi connectivity index (χ4v) is 4.30. The van der Waals surface area contributed by atoms with Crippen LogP contribution in [-0.2, 0) is 4.79 Å². The summed E-state index contributed by atoms with van der Waals surface area (Å²) >= 11 is 0. The van der Waals surface area contributed by atoms with Gasteiger partial charge in [-0.15, -0.1) is 5.73 Å². The summed E-state index contributed by atoms with van der Waals surface area (Å²) in [6, 6.07) is 0. The molecule has 2 aliphatic heterocycles. The molecule has 4 nitrogen and oxygen atoms in total. The molecule has 21 heavy (non-hydrogen) atoms. The topological polar surface area (TPSA) is 35.6 Å². The summed E-state index contributed by atoms with van der Waals surface area (Å²) in [7, 11) is 4.10. The first kappa shape index (κ1) is 14.7. The standard InChI is InChI=1S/C17H27N3O/c1-6-14(18-4)13-8-19(5)9-17(13)10-20(11-17)15(21)12-7-16(12,2)3/h12-13,18H,1,7-11H2,2-5H3. The molecule has 2 heterocycles. The number of nitrogens with one attached hydrogen (secondary N) is 1. The van der Waals surface area contributed by atoms with E-state index in [-0.39, 0.29) is 16.7 Å². The third-order valence-corrected chi connectivity index (χ3v) is 5.76. The molecule has 0 bridgehead atoms. The summed E-state index contributed by atoms with van der Waals surface area (Å²) in [5, 5.41) is 3.24. The second-order valence-electron chi connectivity index (χ2n) is 7.89. The van der Waals surface area contributed by atoms with E-state index in [0.717, 1.165) is 38.3 Å². The molecule has 1 N–H and O–H groups in total. The van der Waals surface area contributed by atoms with Crippen LogP contribution in [0.2, 0.25) is 0 Å². The number of likely N-dealkylation sites (tertiary alicyclic amines) is 2. The predicted molar refractivity (Wildman–Crippen MR) is 83.6 cm³/mol. The average molecular weight is 289 g/mol. The van der Waals surface area contributed by atoms with Gasteiger partial charge < -0.3 is 15.1 Å². The molecule has 2 saturated heterocycles. The van der Waals surface area contributed by atoms with Gasteiger partial charge in [-0.2, -0.15) is 0 Å². The number of hydrogen-bond acceptors (Lipinski definition) is 3. The Bertz CT molecular complexity index is 512. The van der Waals surface area contributed by atoms with Crippen LogP contribution in [0.1, 0.15) is 20.3 Å². The van der Waals surface area contributed by atoms with E-state index in [2.05, 4.69) is 48.3 Å². The van der Waals surface area contributed by atoms with Crippen molar-refractivity contribution in [3.8, 4) is 0 Å². The first-order valence-electron chi connectivity index (χ1n) is 7.88. The maximum atomic E-state index is 12.5. The van der Waals surface area contributed by atoms with Crippen molar-refractivity contribution >= 4 is 5.91 Å². The van der Waals surface area contributed by atoms with Gasteiger partial charge >= 0.3 is 0 Å². The zero-order valence-electron chi connectivity index (χ0n) is 13.7. The fourth-order valence-electron chi connectivity index (χ4n) is 4.30. The van der Waals surface area contributed by atoms with E-state index in [4.69, 9.17) is 0 Å². The highest BCUT2D eigenvalue weighted by molar-refractivity contribution is 5.83. The summed E-state index contributed by atoms with van der Waals surface area (Å²) in [6.07, 6.45) is 1.05. The number of carbonyl (C=O) groups is 1. The van der Waals surface area contributed by atoms with Crippen LogP contribution in [0.25, 0.3) is 0 Å². The van der Waals surface area contributed by atoms with Crippen LogP contribution in [0.5, 0.6) is 0 Å². The smallest absolute Gasteiger partial charge is 0.226 e. The highest BCUT2D eigenvalue weighted by Gasteiger charge is 2.59. The molecule has 1 saturated carbocycles.